The molecule has 0 unspecified atom stereocenters. The number of hydrogen-bond donors (Lipinski definition) is 2. The molecule has 0 aromatic heterocycles. The molecule has 1 aliphatic heterocycles. The number of carbonyl (C=O) groups is 2. The van der Waals surface area contributed by atoms with E-state index in [-0.39, 0.29) is 16.8 Å². The number of sulfone groups is 1. The van der Waals surface area contributed by atoms with Crippen molar-refractivity contribution >= 4 is 27.3 Å². The first-order valence-electron chi connectivity index (χ1n) is 8.92. The lowest BCUT2D eigenvalue weighted by molar-refractivity contribution is -0.121. The molecule has 1 aliphatic rings. The molecule has 2 aromatic carbocycles. The molecule has 28 heavy (non-hydrogen) atoms. The highest BCUT2D eigenvalue weighted by Crippen LogP contribution is 2.31. The van der Waals surface area contributed by atoms with Gasteiger partial charge in [0, 0.05) is 24.6 Å². The Morgan fingerprint density at radius 3 is 2.46 bits per heavy atom. The van der Waals surface area contributed by atoms with Gasteiger partial charge in [0.05, 0.1) is 17.5 Å². The molecule has 2 N–H and O–H groups in total. The molecule has 1 heterocycles. The fourth-order valence-corrected chi connectivity index (χ4v) is 4.33. The minimum Gasteiger partial charge on any atom is -0.493 e. The number of fused-ring (bicyclic) bond motifs is 1. The maximum atomic E-state index is 12.8. The Bertz CT molecular complexity index is 986. The number of nitrogens with one attached hydrogen (secondary N) is 2. The molecular weight excluding hydrogens is 380 g/mol. The standard InChI is InChI=1S/C20H22N2O5S/c1-13(28(25,26)16-9-7-15(8-10-16)21-14(2)23)20(24)22-18-11-12-27-19-6-4-3-5-17(18)19/h3-10,13,18H,11-12H2,1-2H3,(H,21,23)(H,22,24)/t13-,18+/m0/s1. The maximum absolute atomic E-state index is 12.8. The first-order chi connectivity index (χ1) is 13.3. The summed E-state index contributed by atoms with van der Waals surface area (Å²) in [6.45, 7) is 3.19. The van der Waals surface area contributed by atoms with E-state index in [1.807, 2.05) is 24.3 Å². The van der Waals surface area contributed by atoms with Crippen LogP contribution in [-0.4, -0.2) is 32.1 Å². The Morgan fingerprint density at radius 2 is 1.79 bits per heavy atom. The molecule has 7 nitrogen and oxygen atoms in total. The van der Waals surface area contributed by atoms with Gasteiger partial charge in [-0.25, -0.2) is 8.42 Å². The quantitative estimate of drug-likeness (QED) is 0.800. The second-order valence-electron chi connectivity index (χ2n) is 6.63. The van der Waals surface area contributed by atoms with Gasteiger partial charge in [-0.1, -0.05) is 18.2 Å². The van der Waals surface area contributed by atoms with Crippen LogP contribution < -0.4 is 15.4 Å². The summed E-state index contributed by atoms with van der Waals surface area (Å²) < 4.78 is 31.2. The molecule has 0 spiro atoms. The van der Waals surface area contributed by atoms with E-state index in [1.54, 1.807) is 0 Å². The van der Waals surface area contributed by atoms with E-state index in [1.165, 1.54) is 38.1 Å². The topological polar surface area (TPSA) is 102 Å². The number of rotatable bonds is 5. The monoisotopic (exact) mass is 402 g/mol. The fourth-order valence-electron chi connectivity index (χ4n) is 3.06. The van der Waals surface area contributed by atoms with Gasteiger partial charge in [-0.05, 0) is 37.3 Å². The molecule has 0 aliphatic carbocycles. The Kier molecular flexibility index (Phi) is 5.69. The lowest BCUT2D eigenvalue weighted by Crippen LogP contribution is -2.41. The number of benzene rings is 2. The SMILES string of the molecule is CC(=O)Nc1ccc(S(=O)(=O)[C@@H](C)C(=O)N[C@@H]2CCOc3ccccc32)cc1. The van der Waals surface area contributed by atoms with Crippen molar-refractivity contribution in [1.82, 2.24) is 5.32 Å². The number of ether oxygens (including phenoxy) is 1. The maximum Gasteiger partial charge on any atom is 0.238 e. The minimum atomic E-state index is -3.87. The highest BCUT2D eigenvalue weighted by Gasteiger charge is 2.32. The van der Waals surface area contributed by atoms with Crippen LogP contribution in [0.15, 0.2) is 53.4 Å². The average Bonchev–Trinajstić information content (AvgIpc) is 2.67. The van der Waals surface area contributed by atoms with E-state index in [0.29, 0.717) is 24.5 Å². The van der Waals surface area contributed by atoms with E-state index in [0.717, 1.165) is 5.56 Å². The normalized spacial score (nSPS) is 17.0. The molecule has 8 heteroatoms. The zero-order valence-electron chi connectivity index (χ0n) is 15.6. The van der Waals surface area contributed by atoms with Gasteiger partial charge in [0.2, 0.25) is 11.8 Å². The summed E-state index contributed by atoms with van der Waals surface area (Å²) in [6, 6.07) is 12.8. The summed E-state index contributed by atoms with van der Waals surface area (Å²) in [6.07, 6.45) is 0.570. The molecule has 0 bridgehead atoms. The molecule has 2 aromatic rings. The smallest absolute Gasteiger partial charge is 0.238 e. The van der Waals surface area contributed by atoms with Crippen molar-refractivity contribution in [3.63, 3.8) is 0 Å². The molecule has 148 valence electrons. The van der Waals surface area contributed by atoms with Crippen LogP contribution in [-0.2, 0) is 19.4 Å². The van der Waals surface area contributed by atoms with E-state index >= 15 is 0 Å². The first kappa shape index (κ1) is 19.9. The van der Waals surface area contributed by atoms with Gasteiger partial charge in [-0.3, -0.25) is 9.59 Å². The number of hydrogen-bond acceptors (Lipinski definition) is 5. The second kappa shape index (κ2) is 8.02. The van der Waals surface area contributed by atoms with Gasteiger partial charge >= 0.3 is 0 Å². The molecule has 3 rings (SSSR count). The van der Waals surface area contributed by atoms with Crippen LogP contribution in [0.1, 0.15) is 31.9 Å². The zero-order chi connectivity index (χ0) is 20.3. The third kappa shape index (κ3) is 4.17. The van der Waals surface area contributed by atoms with Crippen LogP contribution in [0.5, 0.6) is 5.75 Å². The number of carbonyl (C=O) groups excluding carboxylic acids is 2. The van der Waals surface area contributed by atoms with Crippen LogP contribution in [0.25, 0.3) is 0 Å². The molecule has 0 radical (unpaired) electrons. The number of para-hydroxylation sites is 1. The molecule has 2 amide bonds. The van der Waals surface area contributed by atoms with E-state index in [9.17, 15) is 18.0 Å². The van der Waals surface area contributed by atoms with E-state index in [2.05, 4.69) is 10.6 Å². The highest BCUT2D eigenvalue weighted by molar-refractivity contribution is 7.92. The minimum absolute atomic E-state index is 0.0247. The van der Waals surface area contributed by atoms with Crippen LogP contribution in [0.4, 0.5) is 5.69 Å². The van der Waals surface area contributed by atoms with Gasteiger partial charge in [0.1, 0.15) is 11.0 Å². The third-order valence-electron chi connectivity index (χ3n) is 4.61. The molecule has 2 atom stereocenters. The first-order valence-corrected chi connectivity index (χ1v) is 10.5. The van der Waals surface area contributed by atoms with Crippen molar-refractivity contribution in [2.45, 2.75) is 36.5 Å². The molecule has 0 fully saturated rings. The largest absolute Gasteiger partial charge is 0.493 e. The van der Waals surface area contributed by atoms with Crippen molar-refractivity contribution in [3.8, 4) is 5.75 Å². The van der Waals surface area contributed by atoms with Crippen LogP contribution in [0.3, 0.4) is 0 Å². The second-order valence-corrected chi connectivity index (χ2v) is 8.90. The predicted molar refractivity (Wildman–Crippen MR) is 105 cm³/mol. The number of anilines is 1. The summed E-state index contributed by atoms with van der Waals surface area (Å²) >= 11 is 0. The lowest BCUT2D eigenvalue weighted by atomic mass is 10.0. The Morgan fingerprint density at radius 1 is 1.11 bits per heavy atom. The highest BCUT2D eigenvalue weighted by atomic mass is 32.2. The van der Waals surface area contributed by atoms with Crippen molar-refractivity contribution in [3.05, 3.63) is 54.1 Å². The van der Waals surface area contributed by atoms with Gasteiger partial charge < -0.3 is 15.4 Å². The Hall–Kier alpha value is -2.87. The van der Waals surface area contributed by atoms with Crippen LogP contribution in [0, 0.1) is 0 Å². The van der Waals surface area contributed by atoms with Crippen molar-refractivity contribution in [1.29, 1.82) is 0 Å². The number of amides is 2. The van der Waals surface area contributed by atoms with Crippen molar-refractivity contribution in [2.24, 2.45) is 0 Å². The molecular formula is C20H22N2O5S. The predicted octanol–water partition coefficient (Wildman–Crippen LogP) is 2.45. The third-order valence-corrected chi connectivity index (χ3v) is 6.69. The summed E-state index contributed by atoms with van der Waals surface area (Å²) in [5.41, 5.74) is 1.33. The van der Waals surface area contributed by atoms with Crippen molar-refractivity contribution < 1.29 is 22.7 Å². The summed E-state index contributed by atoms with van der Waals surface area (Å²) in [5, 5.41) is 4.15. The molecule has 0 saturated heterocycles. The van der Waals surface area contributed by atoms with Gasteiger partial charge in [0.25, 0.3) is 0 Å². The summed E-state index contributed by atoms with van der Waals surface area (Å²) in [5.74, 6) is -0.115. The lowest BCUT2D eigenvalue weighted by Gasteiger charge is -2.27. The van der Waals surface area contributed by atoms with Crippen LogP contribution in [0.2, 0.25) is 0 Å². The Balaban J connectivity index is 1.74. The Labute approximate surface area is 164 Å². The van der Waals surface area contributed by atoms with E-state index < -0.39 is 21.0 Å². The zero-order valence-corrected chi connectivity index (χ0v) is 16.5. The van der Waals surface area contributed by atoms with Crippen LogP contribution >= 0.6 is 0 Å². The van der Waals surface area contributed by atoms with E-state index in [4.69, 9.17) is 4.74 Å². The fraction of sp³-hybridized carbons (Fsp3) is 0.300. The molecule has 0 saturated carbocycles. The van der Waals surface area contributed by atoms with Gasteiger partial charge in [-0.15, -0.1) is 0 Å². The summed E-state index contributed by atoms with van der Waals surface area (Å²) in [7, 11) is -3.87. The van der Waals surface area contributed by atoms with Crippen molar-refractivity contribution in [2.75, 3.05) is 11.9 Å². The van der Waals surface area contributed by atoms with Gasteiger partial charge in [0.15, 0.2) is 9.84 Å². The average molecular weight is 402 g/mol. The van der Waals surface area contributed by atoms with Gasteiger partial charge in [-0.2, -0.15) is 0 Å². The summed E-state index contributed by atoms with van der Waals surface area (Å²) in [4.78, 5) is 23.8.